The smallest absolute Gasteiger partial charge is 0.170 e. The molecule has 4 aliphatic carbocycles. The SMILES string of the molecule is CC(C)=CCC[C@H](C)[C@H]1CC[C@H]2[C@@H]3CC=C4C(C)(C)C(=O)C(O)C[C@]4(C)[C@H]3CC[C@]12C. The van der Waals surface area contributed by atoms with Crippen LogP contribution >= 0.6 is 0 Å². The molecule has 4 rings (SSSR count). The predicted molar refractivity (Wildman–Crippen MR) is 129 cm³/mol. The molecule has 0 aromatic rings. The highest BCUT2D eigenvalue weighted by Gasteiger charge is 2.62. The summed E-state index contributed by atoms with van der Waals surface area (Å²) in [5, 5.41) is 10.7. The highest BCUT2D eigenvalue weighted by molar-refractivity contribution is 5.92. The molecule has 0 amide bonds. The topological polar surface area (TPSA) is 37.3 Å². The van der Waals surface area contributed by atoms with E-state index in [4.69, 9.17) is 0 Å². The van der Waals surface area contributed by atoms with Gasteiger partial charge in [0.25, 0.3) is 0 Å². The minimum absolute atomic E-state index is 0.0196. The molecule has 31 heavy (non-hydrogen) atoms. The van der Waals surface area contributed by atoms with Gasteiger partial charge < -0.3 is 5.11 Å². The molecule has 0 heterocycles. The average molecular weight is 427 g/mol. The summed E-state index contributed by atoms with van der Waals surface area (Å²) in [5.41, 5.74) is 2.71. The quantitative estimate of drug-likeness (QED) is 0.486. The van der Waals surface area contributed by atoms with E-state index >= 15 is 0 Å². The summed E-state index contributed by atoms with van der Waals surface area (Å²) < 4.78 is 0. The lowest BCUT2D eigenvalue weighted by atomic mass is 9.44. The fourth-order valence-corrected chi connectivity index (χ4v) is 9.18. The summed E-state index contributed by atoms with van der Waals surface area (Å²) in [6.45, 7) is 16.0. The van der Waals surface area contributed by atoms with Crippen LogP contribution in [0, 0.1) is 45.8 Å². The summed E-state index contributed by atoms with van der Waals surface area (Å²) in [7, 11) is 0. The van der Waals surface area contributed by atoms with Crippen molar-refractivity contribution in [3.8, 4) is 0 Å². The third-order valence-corrected chi connectivity index (χ3v) is 10.6. The lowest BCUT2D eigenvalue weighted by molar-refractivity contribution is -0.145. The molecule has 3 saturated carbocycles. The maximum Gasteiger partial charge on any atom is 0.170 e. The van der Waals surface area contributed by atoms with Crippen molar-refractivity contribution >= 4 is 5.78 Å². The first-order valence-corrected chi connectivity index (χ1v) is 13.0. The van der Waals surface area contributed by atoms with Crippen LogP contribution in [0.4, 0.5) is 0 Å². The molecule has 0 aliphatic heterocycles. The van der Waals surface area contributed by atoms with Gasteiger partial charge in [-0.15, -0.1) is 0 Å². The van der Waals surface area contributed by atoms with E-state index in [9.17, 15) is 9.90 Å². The molecule has 1 N–H and O–H groups in total. The number of aliphatic hydroxyl groups is 1. The number of hydrogen-bond donors (Lipinski definition) is 1. The first-order chi connectivity index (χ1) is 14.4. The maximum absolute atomic E-state index is 12.8. The number of allylic oxidation sites excluding steroid dienone is 4. The molecule has 0 bridgehead atoms. The number of hydrogen-bond acceptors (Lipinski definition) is 2. The van der Waals surface area contributed by atoms with Crippen molar-refractivity contribution in [3.63, 3.8) is 0 Å². The second kappa shape index (κ2) is 7.86. The molecule has 0 spiro atoms. The number of Topliss-reactive ketones (excluding diaryl/α,β-unsaturated/α-hetero) is 1. The van der Waals surface area contributed by atoms with Crippen molar-refractivity contribution in [3.05, 3.63) is 23.3 Å². The Labute approximate surface area is 191 Å². The molecule has 0 saturated heterocycles. The molecular formula is C29H46O2. The summed E-state index contributed by atoms with van der Waals surface area (Å²) in [5.74, 6) is 3.81. The minimum Gasteiger partial charge on any atom is -0.385 e. The molecule has 0 aromatic carbocycles. The summed E-state index contributed by atoms with van der Waals surface area (Å²) in [6, 6.07) is 0. The summed E-state index contributed by atoms with van der Waals surface area (Å²) in [6.07, 6.45) is 13.7. The third-order valence-electron chi connectivity index (χ3n) is 10.6. The Hall–Kier alpha value is -0.890. The number of rotatable bonds is 4. The molecule has 4 aliphatic rings. The Kier molecular flexibility index (Phi) is 5.90. The molecule has 0 aromatic heterocycles. The normalized spacial score (nSPS) is 44.6. The second-order valence-corrected chi connectivity index (χ2v) is 12.9. The van der Waals surface area contributed by atoms with Crippen LogP contribution in [-0.2, 0) is 4.79 Å². The zero-order valence-electron chi connectivity index (χ0n) is 21.1. The first-order valence-electron chi connectivity index (χ1n) is 13.0. The van der Waals surface area contributed by atoms with Gasteiger partial charge in [0.15, 0.2) is 5.78 Å². The Morgan fingerprint density at radius 2 is 1.87 bits per heavy atom. The lowest BCUT2D eigenvalue weighted by Gasteiger charge is -2.60. The van der Waals surface area contributed by atoms with Crippen LogP contribution < -0.4 is 0 Å². The summed E-state index contributed by atoms with van der Waals surface area (Å²) >= 11 is 0. The number of carbonyl (C=O) groups is 1. The fraction of sp³-hybridized carbons (Fsp3) is 0.828. The molecule has 1 unspecified atom stereocenters. The van der Waals surface area contributed by atoms with Crippen LogP contribution in [0.15, 0.2) is 23.3 Å². The van der Waals surface area contributed by atoms with Crippen molar-refractivity contribution < 1.29 is 9.90 Å². The van der Waals surface area contributed by atoms with Crippen LogP contribution in [0.2, 0.25) is 0 Å². The van der Waals surface area contributed by atoms with E-state index in [0.29, 0.717) is 17.8 Å². The van der Waals surface area contributed by atoms with E-state index in [1.54, 1.807) is 0 Å². The van der Waals surface area contributed by atoms with Gasteiger partial charge in [-0.05, 0) is 119 Å². The van der Waals surface area contributed by atoms with Crippen molar-refractivity contribution in [2.24, 2.45) is 45.8 Å². The number of aliphatic hydroxyl groups excluding tert-OH is 1. The Balaban J connectivity index is 1.58. The van der Waals surface area contributed by atoms with Crippen molar-refractivity contribution in [2.75, 3.05) is 0 Å². The van der Waals surface area contributed by atoms with Gasteiger partial charge in [0, 0.05) is 5.41 Å². The molecule has 8 atom stereocenters. The number of carbonyl (C=O) groups excluding carboxylic acids is 1. The van der Waals surface area contributed by atoms with Crippen molar-refractivity contribution in [1.29, 1.82) is 0 Å². The molecule has 3 fully saturated rings. The van der Waals surface area contributed by atoms with Crippen LogP contribution in [0.1, 0.15) is 99.8 Å². The van der Waals surface area contributed by atoms with E-state index in [1.165, 1.54) is 49.7 Å². The van der Waals surface area contributed by atoms with E-state index < -0.39 is 11.5 Å². The fourth-order valence-electron chi connectivity index (χ4n) is 9.18. The number of ketones is 1. The summed E-state index contributed by atoms with van der Waals surface area (Å²) in [4.78, 5) is 12.8. The zero-order chi connectivity index (χ0) is 22.8. The average Bonchev–Trinajstić information content (AvgIpc) is 3.03. The van der Waals surface area contributed by atoms with Gasteiger partial charge >= 0.3 is 0 Å². The van der Waals surface area contributed by atoms with Gasteiger partial charge in [-0.25, -0.2) is 0 Å². The van der Waals surface area contributed by atoms with Crippen LogP contribution in [0.25, 0.3) is 0 Å². The van der Waals surface area contributed by atoms with Gasteiger partial charge in [0.1, 0.15) is 6.10 Å². The monoisotopic (exact) mass is 426 g/mol. The third kappa shape index (κ3) is 3.51. The van der Waals surface area contributed by atoms with Crippen LogP contribution in [0.3, 0.4) is 0 Å². The molecule has 0 radical (unpaired) electrons. The van der Waals surface area contributed by atoms with E-state index in [2.05, 4.69) is 60.6 Å². The minimum atomic E-state index is -0.796. The van der Waals surface area contributed by atoms with Crippen LogP contribution in [0.5, 0.6) is 0 Å². The Morgan fingerprint density at radius 1 is 1.16 bits per heavy atom. The van der Waals surface area contributed by atoms with Crippen molar-refractivity contribution in [2.45, 2.75) is 106 Å². The number of fused-ring (bicyclic) bond motifs is 5. The predicted octanol–water partition coefficient (Wildman–Crippen LogP) is 7.12. The van der Waals surface area contributed by atoms with E-state index in [0.717, 1.165) is 30.1 Å². The molecular weight excluding hydrogens is 380 g/mol. The van der Waals surface area contributed by atoms with E-state index in [1.807, 2.05) is 0 Å². The van der Waals surface area contributed by atoms with Gasteiger partial charge in [-0.3, -0.25) is 4.79 Å². The van der Waals surface area contributed by atoms with Gasteiger partial charge in [-0.2, -0.15) is 0 Å². The Morgan fingerprint density at radius 3 is 2.55 bits per heavy atom. The largest absolute Gasteiger partial charge is 0.385 e. The standard InChI is InChI=1S/C29H46O2/c1-18(2)9-8-10-19(3)21-12-13-22-20-11-14-25-27(4,5)26(31)24(30)17-29(25,7)23(20)15-16-28(21,22)6/h9,14,19-24,30H,8,10-13,15-17H2,1-7H3/t19-,20-,21+,22-,23-,24?,28+,29+/m0/s1. The molecule has 2 nitrogen and oxygen atoms in total. The zero-order valence-corrected chi connectivity index (χ0v) is 21.1. The first kappa shape index (κ1) is 23.3. The molecule has 174 valence electrons. The Bertz CT molecular complexity index is 785. The molecule has 2 heteroatoms. The highest BCUT2D eigenvalue weighted by Crippen LogP contribution is 2.68. The van der Waals surface area contributed by atoms with Gasteiger partial charge in [0.05, 0.1) is 0 Å². The van der Waals surface area contributed by atoms with E-state index in [-0.39, 0.29) is 11.2 Å². The maximum atomic E-state index is 12.8. The lowest BCUT2D eigenvalue weighted by Crippen LogP contribution is -2.57. The van der Waals surface area contributed by atoms with Crippen LogP contribution in [-0.4, -0.2) is 17.0 Å². The van der Waals surface area contributed by atoms with Crippen molar-refractivity contribution in [1.82, 2.24) is 0 Å². The highest BCUT2D eigenvalue weighted by atomic mass is 16.3. The van der Waals surface area contributed by atoms with Gasteiger partial charge in [-0.1, -0.05) is 44.1 Å². The van der Waals surface area contributed by atoms with Gasteiger partial charge in [0.2, 0.25) is 0 Å². The second-order valence-electron chi connectivity index (χ2n) is 12.9.